The van der Waals surface area contributed by atoms with Crippen LogP contribution in [0.25, 0.3) is 22.3 Å². The van der Waals surface area contributed by atoms with Gasteiger partial charge in [-0.3, -0.25) is 9.36 Å². The summed E-state index contributed by atoms with van der Waals surface area (Å²) in [6.07, 6.45) is 1.39. The molecule has 0 radical (unpaired) electrons. The van der Waals surface area contributed by atoms with E-state index in [4.69, 9.17) is 9.72 Å². The van der Waals surface area contributed by atoms with E-state index < -0.39 is 0 Å². The van der Waals surface area contributed by atoms with Crippen LogP contribution in [0, 0.1) is 5.82 Å². The molecule has 1 aromatic heterocycles. The van der Waals surface area contributed by atoms with E-state index in [9.17, 15) is 9.18 Å². The lowest BCUT2D eigenvalue weighted by atomic mass is 10.1. The van der Waals surface area contributed by atoms with E-state index in [0.717, 1.165) is 10.0 Å². The largest absolute Gasteiger partial charge is 0.491 e. The van der Waals surface area contributed by atoms with E-state index in [2.05, 4.69) is 15.9 Å². The van der Waals surface area contributed by atoms with Gasteiger partial charge in [0.25, 0.3) is 5.56 Å². The number of unbranched alkanes of at least 4 members (excludes halogenated alkanes) is 1. The summed E-state index contributed by atoms with van der Waals surface area (Å²) in [4.78, 5) is 17.9. The van der Waals surface area contributed by atoms with Crippen molar-refractivity contribution in [1.29, 1.82) is 0 Å². The summed E-state index contributed by atoms with van der Waals surface area (Å²) in [5.74, 6) is 0.517. The molecule has 3 aromatic carbocycles. The van der Waals surface area contributed by atoms with Crippen LogP contribution in [0.3, 0.4) is 0 Å². The van der Waals surface area contributed by atoms with E-state index in [1.807, 2.05) is 42.5 Å². The monoisotopic (exact) mass is 466 g/mol. The molecule has 0 aliphatic carbocycles. The Labute approximate surface area is 182 Å². The zero-order chi connectivity index (χ0) is 20.9. The van der Waals surface area contributed by atoms with Gasteiger partial charge in [-0.25, -0.2) is 9.37 Å². The molecule has 0 spiro atoms. The molecule has 4 aromatic rings. The lowest BCUT2D eigenvalue weighted by molar-refractivity contribution is 0.289. The molecule has 0 unspecified atom stereocenters. The summed E-state index contributed by atoms with van der Waals surface area (Å²) in [7, 11) is 0. The molecule has 0 bridgehead atoms. The van der Waals surface area contributed by atoms with E-state index in [1.54, 1.807) is 28.8 Å². The number of halogens is 2. The van der Waals surface area contributed by atoms with Gasteiger partial charge in [0.05, 0.1) is 17.5 Å². The van der Waals surface area contributed by atoms with Gasteiger partial charge >= 0.3 is 0 Å². The quantitative estimate of drug-likeness (QED) is 0.322. The topological polar surface area (TPSA) is 44.1 Å². The standard InChI is InChI=1S/C24H20BrFN2O2/c25-18-13-11-17(12-14-18)23-27-21-9-3-1-7-19(21)24(29)28(23)15-5-6-16-30-22-10-4-2-8-20(22)26/h1-4,7-14H,5-6,15-16H2. The maximum Gasteiger partial charge on any atom is 0.261 e. The minimum atomic E-state index is -0.370. The molecule has 0 saturated heterocycles. The van der Waals surface area contributed by atoms with Crippen molar-refractivity contribution in [2.45, 2.75) is 19.4 Å². The molecule has 0 atom stereocenters. The van der Waals surface area contributed by atoms with Crippen LogP contribution in [0.2, 0.25) is 0 Å². The summed E-state index contributed by atoms with van der Waals surface area (Å²) >= 11 is 3.44. The minimum Gasteiger partial charge on any atom is -0.491 e. The molecule has 0 fully saturated rings. The smallest absolute Gasteiger partial charge is 0.261 e. The average Bonchev–Trinajstić information content (AvgIpc) is 2.76. The van der Waals surface area contributed by atoms with Crippen molar-refractivity contribution in [2.24, 2.45) is 0 Å². The number of hydrogen-bond donors (Lipinski definition) is 0. The first-order valence-corrected chi connectivity index (χ1v) is 10.6. The average molecular weight is 467 g/mol. The number of aromatic nitrogens is 2. The summed E-state index contributed by atoms with van der Waals surface area (Å²) in [5.41, 5.74) is 1.50. The normalized spacial score (nSPS) is 11.0. The fourth-order valence-electron chi connectivity index (χ4n) is 3.31. The van der Waals surface area contributed by atoms with E-state index in [-0.39, 0.29) is 17.1 Å². The SMILES string of the molecule is O=c1c2ccccc2nc(-c2ccc(Br)cc2)n1CCCCOc1ccccc1F. The third kappa shape index (κ3) is 4.44. The Kier molecular flexibility index (Phi) is 6.23. The zero-order valence-electron chi connectivity index (χ0n) is 16.2. The second kappa shape index (κ2) is 9.22. The highest BCUT2D eigenvalue weighted by molar-refractivity contribution is 9.10. The Morgan fingerprint density at radius 3 is 2.47 bits per heavy atom. The van der Waals surface area contributed by atoms with Crippen LogP contribution >= 0.6 is 15.9 Å². The first kappa shape index (κ1) is 20.3. The van der Waals surface area contributed by atoms with Gasteiger partial charge in [0.2, 0.25) is 0 Å². The lowest BCUT2D eigenvalue weighted by Gasteiger charge is -2.14. The minimum absolute atomic E-state index is 0.0615. The molecule has 4 rings (SSSR count). The molecule has 30 heavy (non-hydrogen) atoms. The van der Waals surface area contributed by atoms with Crippen molar-refractivity contribution in [2.75, 3.05) is 6.61 Å². The number of ether oxygens (including phenoxy) is 1. The first-order chi connectivity index (χ1) is 14.6. The molecule has 0 saturated carbocycles. The molecule has 0 aliphatic rings. The van der Waals surface area contributed by atoms with Crippen molar-refractivity contribution < 1.29 is 9.13 Å². The second-order valence-corrected chi connectivity index (χ2v) is 7.82. The Morgan fingerprint density at radius 1 is 0.933 bits per heavy atom. The molecule has 0 amide bonds. The van der Waals surface area contributed by atoms with Gasteiger partial charge in [0.1, 0.15) is 5.82 Å². The second-order valence-electron chi connectivity index (χ2n) is 6.90. The summed E-state index contributed by atoms with van der Waals surface area (Å²) in [6.45, 7) is 0.882. The molecule has 152 valence electrons. The van der Waals surface area contributed by atoms with Gasteiger partial charge in [-0.15, -0.1) is 0 Å². The lowest BCUT2D eigenvalue weighted by Crippen LogP contribution is -2.24. The fourth-order valence-corrected chi connectivity index (χ4v) is 3.58. The van der Waals surface area contributed by atoms with Gasteiger partial charge in [-0.2, -0.15) is 0 Å². The summed E-state index contributed by atoms with van der Waals surface area (Å²) < 4.78 is 21.9. The molecule has 1 heterocycles. The highest BCUT2D eigenvalue weighted by Gasteiger charge is 2.12. The Hall–Kier alpha value is -2.99. The van der Waals surface area contributed by atoms with E-state index >= 15 is 0 Å². The molecular weight excluding hydrogens is 447 g/mol. The van der Waals surface area contributed by atoms with Gasteiger partial charge < -0.3 is 4.74 Å². The first-order valence-electron chi connectivity index (χ1n) is 9.76. The number of nitrogens with zero attached hydrogens (tertiary/aromatic N) is 2. The van der Waals surface area contributed by atoms with Crippen molar-refractivity contribution in [3.05, 3.63) is 93.4 Å². The molecule has 0 N–H and O–H groups in total. The highest BCUT2D eigenvalue weighted by Crippen LogP contribution is 2.22. The van der Waals surface area contributed by atoms with Crippen molar-refractivity contribution in [3.8, 4) is 17.1 Å². The van der Waals surface area contributed by atoms with Gasteiger partial charge in [0.15, 0.2) is 11.6 Å². The number of hydrogen-bond acceptors (Lipinski definition) is 3. The maximum absolute atomic E-state index is 13.7. The van der Waals surface area contributed by atoms with Crippen molar-refractivity contribution in [1.82, 2.24) is 9.55 Å². The Morgan fingerprint density at radius 2 is 1.67 bits per heavy atom. The molecule has 0 aliphatic heterocycles. The zero-order valence-corrected chi connectivity index (χ0v) is 17.8. The third-order valence-corrected chi connectivity index (χ3v) is 5.36. The van der Waals surface area contributed by atoms with Crippen LogP contribution in [0.5, 0.6) is 5.75 Å². The Bertz CT molecular complexity index is 1220. The highest BCUT2D eigenvalue weighted by atomic mass is 79.9. The summed E-state index contributed by atoms with van der Waals surface area (Å²) in [6, 6.07) is 21.5. The van der Waals surface area contributed by atoms with Crippen molar-refractivity contribution in [3.63, 3.8) is 0 Å². The van der Waals surface area contributed by atoms with Crippen LogP contribution in [0.4, 0.5) is 4.39 Å². The number of fused-ring (bicyclic) bond motifs is 1. The predicted octanol–water partition coefficient (Wildman–Crippen LogP) is 5.82. The number of rotatable bonds is 7. The third-order valence-electron chi connectivity index (χ3n) is 4.83. The van der Waals surface area contributed by atoms with Crippen LogP contribution < -0.4 is 10.3 Å². The van der Waals surface area contributed by atoms with Gasteiger partial charge in [-0.05, 0) is 49.2 Å². The molecular formula is C24H20BrFN2O2. The summed E-state index contributed by atoms with van der Waals surface area (Å²) in [5, 5.41) is 0.598. The van der Waals surface area contributed by atoms with Gasteiger partial charge in [0, 0.05) is 16.6 Å². The van der Waals surface area contributed by atoms with Crippen molar-refractivity contribution >= 4 is 26.8 Å². The molecule has 6 heteroatoms. The number of para-hydroxylation sites is 2. The van der Waals surface area contributed by atoms with Crippen LogP contribution in [0.1, 0.15) is 12.8 Å². The van der Waals surface area contributed by atoms with E-state index in [0.29, 0.717) is 42.7 Å². The Balaban J connectivity index is 1.55. The van der Waals surface area contributed by atoms with Gasteiger partial charge in [-0.1, -0.05) is 52.3 Å². The molecule has 4 nitrogen and oxygen atoms in total. The number of benzene rings is 3. The van der Waals surface area contributed by atoms with Crippen LogP contribution in [-0.4, -0.2) is 16.2 Å². The predicted molar refractivity (Wildman–Crippen MR) is 120 cm³/mol. The van der Waals surface area contributed by atoms with E-state index in [1.165, 1.54) is 6.07 Å². The van der Waals surface area contributed by atoms with Crippen LogP contribution in [-0.2, 0) is 6.54 Å². The van der Waals surface area contributed by atoms with Crippen LogP contribution in [0.15, 0.2) is 82.1 Å². The fraction of sp³-hybridized carbons (Fsp3) is 0.167. The maximum atomic E-state index is 13.7.